The van der Waals surface area contributed by atoms with Crippen LogP contribution in [0.5, 0.6) is 11.5 Å². The van der Waals surface area contributed by atoms with Crippen LogP contribution >= 0.6 is 15.9 Å². The first kappa shape index (κ1) is 13.3. The van der Waals surface area contributed by atoms with Crippen molar-refractivity contribution in [3.05, 3.63) is 22.2 Å². The van der Waals surface area contributed by atoms with Gasteiger partial charge in [0.05, 0.1) is 24.9 Å². The summed E-state index contributed by atoms with van der Waals surface area (Å²) in [7, 11) is 2.68. The van der Waals surface area contributed by atoms with Gasteiger partial charge in [0.2, 0.25) is 0 Å². The number of aromatic hydroxyl groups is 1. The summed E-state index contributed by atoms with van der Waals surface area (Å²) in [6.07, 6.45) is 0.731. The number of hydrogen-bond acceptors (Lipinski definition) is 5. The zero-order valence-electron chi connectivity index (χ0n) is 9.23. The molecule has 0 heterocycles. The molecule has 1 aromatic carbocycles. The van der Waals surface area contributed by atoms with Crippen LogP contribution in [0.15, 0.2) is 21.7 Å². The molecule has 0 atom stereocenters. The molecule has 1 rings (SSSR count). The Kier molecular flexibility index (Phi) is 4.77. The molecule has 0 unspecified atom stereocenters. The maximum atomic E-state index is 10.7. The lowest BCUT2D eigenvalue weighted by molar-refractivity contribution is 0.171. The van der Waals surface area contributed by atoms with E-state index in [0.717, 1.165) is 0 Å². The van der Waals surface area contributed by atoms with Crippen molar-refractivity contribution in [3.63, 3.8) is 0 Å². The van der Waals surface area contributed by atoms with Crippen LogP contribution in [0.2, 0.25) is 0 Å². The van der Waals surface area contributed by atoms with E-state index in [9.17, 15) is 9.90 Å². The molecule has 0 fully saturated rings. The summed E-state index contributed by atoms with van der Waals surface area (Å²) in [6.45, 7) is 0. The molecule has 0 spiro atoms. The Bertz CT molecular complexity index is 448. The quantitative estimate of drug-likeness (QED) is 0.659. The van der Waals surface area contributed by atoms with E-state index in [0.29, 0.717) is 15.8 Å². The topological polar surface area (TPSA) is 80.2 Å². The van der Waals surface area contributed by atoms with Crippen LogP contribution in [-0.4, -0.2) is 31.6 Å². The number of halogens is 1. The minimum absolute atomic E-state index is 0.00516. The first-order valence-electron chi connectivity index (χ1n) is 4.52. The number of nitrogens with zero attached hydrogens (tertiary/aromatic N) is 1. The van der Waals surface area contributed by atoms with Crippen molar-refractivity contribution in [2.75, 3.05) is 14.2 Å². The number of carbonyl (C=O) groups excluding carboxylic acids is 1. The van der Waals surface area contributed by atoms with Crippen molar-refractivity contribution in [3.8, 4) is 11.5 Å². The Balaban J connectivity index is 2.85. The van der Waals surface area contributed by atoms with Gasteiger partial charge < -0.3 is 14.6 Å². The lowest BCUT2D eigenvalue weighted by atomic mass is 10.2. The summed E-state index contributed by atoms with van der Waals surface area (Å²) in [4.78, 5) is 10.7. The van der Waals surface area contributed by atoms with Gasteiger partial charge in [-0.2, -0.15) is 5.10 Å². The van der Waals surface area contributed by atoms with Crippen molar-refractivity contribution in [2.45, 2.75) is 0 Å². The van der Waals surface area contributed by atoms with Crippen molar-refractivity contribution < 1.29 is 19.4 Å². The van der Waals surface area contributed by atoms with Crippen LogP contribution in [-0.2, 0) is 4.74 Å². The highest BCUT2D eigenvalue weighted by atomic mass is 79.9. The second kappa shape index (κ2) is 6.09. The molecule has 6 nitrogen and oxygen atoms in total. The molecule has 1 amide bonds. The van der Waals surface area contributed by atoms with Gasteiger partial charge in [0.25, 0.3) is 0 Å². The minimum atomic E-state index is -0.661. The standard InChI is InChI=1S/C10H11BrN2O4/c1-16-8-4-6(3-7(11)9(8)14)5-12-13-10(15)17-2/h3-5,14H,1-2H3,(H,13,15). The van der Waals surface area contributed by atoms with E-state index in [4.69, 9.17) is 4.74 Å². The lowest BCUT2D eigenvalue weighted by Gasteiger charge is -2.06. The molecule has 2 N–H and O–H groups in total. The van der Waals surface area contributed by atoms with Gasteiger partial charge in [-0.05, 0) is 33.6 Å². The van der Waals surface area contributed by atoms with Gasteiger partial charge >= 0.3 is 6.09 Å². The third-order valence-electron chi connectivity index (χ3n) is 1.83. The smallest absolute Gasteiger partial charge is 0.427 e. The minimum Gasteiger partial charge on any atom is -0.503 e. The highest BCUT2D eigenvalue weighted by Crippen LogP contribution is 2.34. The van der Waals surface area contributed by atoms with Gasteiger partial charge in [-0.25, -0.2) is 10.2 Å². The highest BCUT2D eigenvalue weighted by molar-refractivity contribution is 9.10. The number of phenols is 1. The molecule has 0 bridgehead atoms. The van der Waals surface area contributed by atoms with E-state index in [1.165, 1.54) is 20.4 Å². The van der Waals surface area contributed by atoms with Crippen molar-refractivity contribution in [1.82, 2.24) is 5.43 Å². The van der Waals surface area contributed by atoms with E-state index in [-0.39, 0.29) is 5.75 Å². The number of amides is 1. The number of carbonyl (C=O) groups is 1. The second-order valence-corrected chi connectivity index (χ2v) is 3.77. The third-order valence-corrected chi connectivity index (χ3v) is 2.43. The Hall–Kier alpha value is -1.76. The highest BCUT2D eigenvalue weighted by Gasteiger charge is 2.07. The summed E-state index contributed by atoms with van der Waals surface area (Å²) in [5, 5.41) is 13.2. The van der Waals surface area contributed by atoms with E-state index in [1.807, 2.05) is 0 Å². The molecule has 0 aliphatic heterocycles. The lowest BCUT2D eigenvalue weighted by Crippen LogP contribution is -2.16. The van der Waals surface area contributed by atoms with E-state index in [1.54, 1.807) is 12.1 Å². The Morgan fingerprint density at radius 3 is 2.82 bits per heavy atom. The van der Waals surface area contributed by atoms with Crippen molar-refractivity contribution in [1.29, 1.82) is 0 Å². The SMILES string of the molecule is COC(=O)NN=Cc1cc(Br)c(O)c(OC)c1. The average Bonchev–Trinajstić information content (AvgIpc) is 2.33. The van der Waals surface area contributed by atoms with Crippen LogP contribution in [0.4, 0.5) is 4.79 Å². The maximum Gasteiger partial charge on any atom is 0.427 e. The number of benzene rings is 1. The fourth-order valence-corrected chi connectivity index (χ4v) is 1.49. The Labute approximate surface area is 106 Å². The van der Waals surface area contributed by atoms with Crippen LogP contribution in [0, 0.1) is 0 Å². The van der Waals surface area contributed by atoms with Crippen molar-refractivity contribution in [2.24, 2.45) is 5.10 Å². The van der Waals surface area contributed by atoms with Gasteiger partial charge in [0.15, 0.2) is 11.5 Å². The first-order chi connectivity index (χ1) is 8.08. The van der Waals surface area contributed by atoms with Gasteiger partial charge in [0.1, 0.15) is 0 Å². The molecule has 1 aromatic rings. The van der Waals surface area contributed by atoms with E-state index >= 15 is 0 Å². The molecule has 0 saturated heterocycles. The number of hydrogen-bond donors (Lipinski definition) is 2. The van der Waals surface area contributed by atoms with Crippen LogP contribution in [0.25, 0.3) is 0 Å². The predicted molar refractivity (Wildman–Crippen MR) is 65.5 cm³/mol. The number of methoxy groups -OCH3 is 2. The fraction of sp³-hybridized carbons (Fsp3) is 0.200. The molecule has 92 valence electrons. The van der Waals surface area contributed by atoms with E-state index < -0.39 is 6.09 Å². The zero-order valence-corrected chi connectivity index (χ0v) is 10.8. The predicted octanol–water partition coefficient (Wildman–Crippen LogP) is 1.85. The van der Waals surface area contributed by atoms with Gasteiger partial charge in [-0.15, -0.1) is 0 Å². The number of hydrazone groups is 1. The monoisotopic (exact) mass is 302 g/mol. The van der Waals surface area contributed by atoms with Gasteiger partial charge in [-0.3, -0.25) is 0 Å². The summed E-state index contributed by atoms with van der Waals surface area (Å²) >= 11 is 3.17. The van der Waals surface area contributed by atoms with Gasteiger partial charge in [0, 0.05) is 0 Å². The molecule has 0 aliphatic carbocycles. The fourth-order valence-electron chi connectivity index (χ4n) is 1.03. The van der Waals surface area contributed by atoms with Gasteiger partial charge in [-0.1, -0.05) is 0 Å². The molecular formula is C10H11BrN2O4. The molecule has 0 aromatic heterocycles. The Morgan fingerprint density at radius 1 is 1.53 bits per heavy atom. The summed E-state index contributed by atoms with van der Waals surface area (Å²) in [5.74, 6) is 0.310. The Morgan fingerprint density at radius 2 is 2.24 bits per heavy atom. The van der Waals surface area contributed by atoms with Crippen LogP contribution < -0.4 is 10.2 Å². The molecule has 17 heavy (non-hydrogen) atoms. The second-order valence-electron chi connectivity index (χ2n) is 2.92. The summed E-state index contributed by atoms with van der Waals surface area (Å²) in [6, 6.07) is 3.20. The summed E-state index contributed by atoms with van der Waals surface area (Å²) in [5.41, 5.74) is 2.78. The number of ether oxygens (including phenoxy) is 2. The first-order valence-corrected chi connectivity index (χ1v) is 5.31. The van der Waals surface area contributed by atoms with Crippen LogP contribution in [0.3, 0.4) is 0 Å². The molecule has 0 saturated carbocycles. The zero-order chi connectivity index (χ0) is 12.8. The molecule has 0 aliphatic rings. The van der Waals surface area contributed by atoms with E-state index in [2.05, 4.69) is 31.2 Å². The molecule has 0 radical (unpaired) electrons. The number of rotatable bonds is 3. The molecule has 7 heteroatoms. The normalized spacial score (nSPS) is 10.3. The average molecular weight is 303 g/mol. The van der Waals surface area contributed by atoms with Crippen LogP contribution in [0.1, 0.15) is 5.56 Å². The van der Waals surface area contributed by atoms with Crippen molar-refractivity contribution >= 4 is 28.2 Å². The number of nitrogens with one attached hydrogen (secondary N) is 1. The largest absolute Gasteiger partial charge is 0.503 e. The molecular weight excluding hydrogens is 292 g/mol. The summed E-state index contributed by atoms with van der Waals surface area (Å²) < 4.78 is 9.77. The maximum absolute atomic E-state index is 10.7. The third kappa shape index (κ3) is 3.63. The number of phenolic OH excluding ortho intramolecular Hbond substituents is 1.